The van der Waals surface area contributed by atoms with Crippen molar-refractivity contribution in [2.75, 3.05) is 18.1 Å². The van der Waals surface area contributed by atoms with E-state index in [0.29, 0.717) is 10.2 Å². The second kappa shape index (κ2) is 6.06. The number of pyridine rings is 1. The number of nitrogens with one attached hydrogen (secondary N) is 1. The molecule has 1 atom stereocenters. The summed E-state index contributed by atoms with van der Waals surface area (Å²) in [5.41, 5.74) is 7.42. The number of rotatable bonds is 5. The Morgan fingerprint density at radius 2 is 2.31 bits per heavy atom. The Morgan fingerprint density at radius 3 is 2.88 bits per heavy atom. The van der Waals surface area contributed by atoms with Crippen LogP contribution in [0.25, 0.3) is 0 Å². The zero-order valence-electron chi connectivity index (χ0n) is 9.78. The molecule has 0 spiro atoms. The van der Waals surface area contributed by atoms with Gasteiger partial charge < -0.3 is 11.1 Å². The first kappa shape index (κ1) is 13.3. The lowest BCUT2D eigenvalue weighted by atomic mass is 10.2. The molecule has 3 N–H and O–H groups in total. The number of thiocarbonyl (C=S) groups is 1. The van der Waals surface area contributed by atoms with Gasteiger partial charge in [0, 0.05) is 17.5 Å². The Hall–Kier alpha value is -0.810. The number of thioether (sulfide) groups is 1. The molecule has 0 aliphatic rings. The maximum Gasteiger partial charge on any atom is 0.136 e. The largest absolute Gasteiger partial charge is 0.389 e. The van der Waals surface area contributed by atoms with E-state index in [1.807, 2.05) is 30.8 Å². The van der Waals surface area contributed by atoms with Gasteiger partial charge in [-0.2, -0.15) is 11.8 Å². The van der Waals surface area contributed by atoms with Gasteiger partial charge in [0.15, 0.2) is 0 Å². The second-order valence-corrected chi connectivity index (χ2v) is 5.36. The predicted molar refractivity (Wildman–Crippen MR) is 76.3 cm³/mol. The molecule has 0 amide bonds. The lowest BCUT2D eigenvalue weighted by Gasteiger charge is -2.13. The zero-order chi connectivity index (χ0) is 12.1. The molecule has 1 unspecified atom stereocenters. The van der Waals surface area contributed by atoms with Gasteiger partial charge >= 0.3 is 0 Å². The smallest absolute Gasteiger partial charge is 0.136 e. The normalized spacial score (nSPS) is 12.2. The highest BCUT2D eigenvalue weighted by Gasteiger charge is 2.08. The molecule has 0 fully saturated rings. The Bertz CT molecular complexity index is 379. The highest BCUT2D eigenvalue weighted by atomic mass is 32.2. The molecule has 0 saturated carbocycles. The number of hydrogen-bond donors (Lipinski definition) is 2. The number of anilines is 1. The second-order valence-electron chi connectivity index (χ2n) is 3.64. The summed E-state index contributed by atoms with van der Waals surface area (Å²) in [6.45, 7) is 4.97. The summed E-state index contributed by atoms with van der Waals surface area (Å²) in [7, 11) is 0. The number of nitrogens with two attached hydrogens (primary N) is 1. The van der Waals surface area contributed by atoms with Gasteiger partial charge in [-0.15, -0.1) is 0 Å². The minimum atomic E-state index is 0.381. The lowest BCUT2D eigenvalue weighted by molar-refractivity contribution is 0.986. The molecule has 0 aromatic carbocycles. The molecule has 0 radical (unpaired) electrons. The van der Waals surface area contributed by atoms with Crippen LogP contribution in [0.2, 0.25) is 0 Å². The van der Waals surface area contributed by atoms with Crippen LogP contribution in [0.4, 0.5) is 5.82 Å². The van der Waals surface area contributed by atoms with Crippen LogP contribution < -0.4 is 11.1 Å². The Labute approximate surface area is 106 Å². The average molecular weight is 255 g/mol. The first-order valence-electron chi connectivity index (χ1n) is 5.08. The van der Waals surface area contributed by atoms with Crippen LogP contribution in [0.1, 0.15) is 18.2 Å². The van der Waals surface area contributed by atoms with Crippen molar-refractivity contribution in [3.8, 4) is 0 Å². The fraction of sp³-hybridized carbons (Fsp3) is 0.455. The molecular formula is C11H17N3S2. The molecule has 1 heterocycles. The predicted octanol–water partition coefficient (Wildman–Crippen LogP) is 2.19. The fourth-order valence-corrected chi connectivity index (χ4v) is 1.63. The van der Waals surface area contributed by atoms with Gasteiger partial charge in [0.2, 0.25) is 0 Å². The highest BCUT2D eigenvalue weighted by Crippen LogP contribution is 2.14. The molecule has 88 valence electrons. The maximum atomic E-state index is 5.65. The number of aromatic nitrogens is 1. The fourth-order valence-electron chi connectivity index (χ4n) is 1.21. The minimum Gasteiger partial charge on any atom is -0.389 e. The van der Waals surface area contributed by atoms with Crippen LogP contribution in [-0.2, 0) is 0 Å². The molecule has 1 rings (SSSR count). The quantitative estimate of drug-likeness (QED) is 0.790. The maximum absolute atomic E-state index is 5.65. The van der Waals surface area contributed by atoms with Crippen molar-refractivity contribution in [2.45, 2.75) is 19.1 Å². The molecule has 16 heavy (non-hydrogen) atoms. The van der Waals surface area contributed by atoms with Crippen LogP contribution in [0.3, 0.4) is 0 Å². The van der Waals surface area contributed by atoms with E-state index in [0.717, 1.165) is 23.6 Å². The van der Waals surface area contributed by atoms with Gasteiger partial charge in [0.1, 0.15) is 10.8 Å². The first-order valence-corrected chi connectivity index (χ1v) is 6.78. The molecule has 1 aromatic heterocycles. The molecule has 0 aliphatic carbocycles. The van der Waals surface area contributed by atoms with Crippen molar-refractivity contribution < 1.29 is 0 Å². The van der Waals surface area contributed by atoms with Crippen LogP contribution >= 0.6 is 24.0 Å². The standard InChI is InChI=1S/C11H17N3S2/c1-7-4-5-9(10(12)15)11(14-7)13-6-8(2)16-3/h4-5,8H,6H2,1-3H3,(H2,12,15)(H,13,14). The summed E-state index contributed by atoms with van der Waals surface area (Å²) < 4.78 is 0. The van der Waals surface area contributed by atoms with Crippen molar-refractivity contribution in [1.29, 1.82) is 0 Å². The third-order valence-electron chi connectivity index (χ3n) is 2.26. The van der Waals surface area contributed by atoms with E-state index in [4.69, 9.17) is 18.0 Å². The van der Waals surface area contributed by atoms with Crippen molar-refractivity contribution in [2.24, 2.45) is 5.73 Å². The van der Waals surface area contributed by atoms with Crippen molar-refractivity contribution in [1.82, 2.24) is 4.98 Å². The third kappa shape index (κ3) is 3.64. The first-order chi connectivity index (χ1) is 7.54. The summed E-state index contributed by atoms with van der Waals surface area (Å²) in [5.74, 6) is 0.786. The van der Waals surface area contributed by atoms with Crippen LogP contribution in [0.15, 0.2) is 12.1 Å². The summed E-state index contributed by atoms with van der Waals surface area (Å²) >= 11 is 6.80. The van der Waals surface area contributed by atoms with Gasteiger partial charge in [-0.25, -0.2) is 4.98 Å². The molecular weight excluding hydrogens is 238 g/mol. The average Bonchev–Trinajstić information content (AvgIpc) is 2.25. The topological polar surface area (TPSA) is 50.9 Å². The van der Waals surface area contributed by atoms with E-state index < -0.39 is 0 Å². The molecule has 0 saturated heterocycles. The van der Waals surface area contributed by atoms with E-state index in [-0.39, 0.29) is 0 Å². The molecule has 1 aromatic rings. The minimum absolute atomic E-state index is 0.381. The summed E-state index contributed by atoms with van der Waals surface area (Å²) in [4.78, 5) is 4.79. The van der Waals surface area contributed by atoms with E-state index >= 15 is 0 Å². The lowest BCUT2D eigenvalue weighted by Crippen LogP contribution is -2.19. The Kier molecular flexibility index (Phi) is 5.02. The van der Waals surface area contributed by atoms with Gasteiger partial charge in [-0.3, -0.25) is 0 Å². The van der Waals surface area contributed by atoms with Crippen molar-refractivity contribution in [3.63, 3.8) is 0 Å². The van der Waals surface area contributed by atoms with Gasteiger partial charge in [-0.05, 0) is 25.3 Å². The third-order valence-corrected chi connectivity index (χ3v) is 3.45. The van der Waals surface area contributed by atoms with Crippen LogP contribution in [-0.4, -0.2) is 28.0 Å². The summed E-state index contributed by atoms with van der Waals surface area (Å²) in [5, 5.41) is 3.82. The monoisotopic (exact) mass is 255 g/mol. The number of nitrogens with zero attached hydrogens (tertiary/aromatic N) is 1. The SMILES string of the molecule is CSC(C)CNc1nc(C)ccc1C(N)=S. The summed E-state index contributed by atoms with van der Waals surface area (Å²) in [6, 6.07) is 3.83. The Balaban J connectivity index is 2.84. The number of hydrogen-bond acceptors (Lipinski definition) is 4. The van der Waals surface area contributed by atoms with Gasteiger partial charge in [-0.1, -0.05) is 19.1 Å². The molecule has 3 nitrogen and oxygen atoms in total. The molecule has 5 heteroatoms. The van der Waals surface area contributed by atoms with E-state index in [1.54, 1.807) is 0 Å². The van der Waals surface area contributed by atoms with Crippen LogP contribution in [0.5, 0.6) is 0 Å². The van der Waals surface area contributed by atoms with E-state index in [2.05, 4.69) is 23.5 Å². The zero-order valence-corrected chi connectivity index (χ0v) is 11.4. The van der Waals surface area contributed by atoms with E-state index in [1.165, 1.54) is 0 Å². The van der Waals surface area contributed by atoms with Gasteiger partial charge in [0.05, 0.1) is 5.56 Å². The van der Waals surface area contributed by atoms with Crippen LogP contribution in [0, 0.1) is 6.92 Å². The highest BCUT2D eigenvalue weighted by molar-refractivity contribution is 7.99. The number of aryl methyl sites for hydroxylation is 1. The van der Waals surface area contributed by atoms with Crippen molar-refractivity contribution >= 4 is 34.8 Å². The molecule has 0 bridgehead atoms. The summed E-state index contributed by atoms with van der Waals surface area (Å²) in [6.07, 6.45) is 2.09. The van der Waals surface area contributed by atoms with E-state index in [9.17, 15) is 0 Å². The molecule has 0 aliphatic heterocycles. The Morgan fingerprint density at radius 1 is 1.62 bits per heavy atom. The van der Waals surface area contributed by atoms with Crippen molar-refractivity contribution in [3.05, 3.63) is 23.4 Å². The van der Waals surface area contributed by atoms with Gasteiger partial charge in [0.25, 0.3) is 0 Å².